The maximum atomic E-state index is 12.2. The summed E-state index contributed by atoms with van der Waals surface area (Å²) in [6, 6.07) is 0. The van der Waals surface area contributed by atoms with E-state index >= 15 is 0 Å². The fourth-order valence-corrected chi connectivity index (χ4v) is 3.31. The van der Waals surface area contributed by atoms with Gasteiger partial charge >= 0.3 is 4.87 Å². The number of aromatic nitrogens is 3. The van der Waals surface area contributed by atoms with Crippen molar-refractivity contribution in [3.63, 3.8) is 0 Å². The summed E-state index contributed by atoms with van der Waals surface area (Å²) >= 11 is 0.585. The van der Waals surface area contributed by atoms with Gasteiger partial charge in [0, 0.05) is 6.92 Å². The fraction of sp³-hybridized carbons (Fsp3) is 0.500. The van der Waals surface area contributed by atoms with E-state index in [1.807, 2.05) is 0 Å². The highest BCUT2D eigenvalue weighted by Crippen LogP contribution is 2.30. The molecule has 1 aliphatic rings. The van der Waals surface area contributed by atoms with Gasteiger partial charge in [0.2, 0.25) is 11.9 Å². The highest BCUT2D eigenvalue weighted by molar-refractivity contribution is 7.16. The summed E-state index contributed by atoms with van der Waals surface area (Å²) in [5, 5.41) is 31.3. The molecule has 12 heteroatoms. The Morgan fingerprint density at radius 1 is 1.42 bits per heavy atom. The number of thiazole rings is 1. The molecule has 5 N–H and O–H groups in total. The van der Waals surface area contributed by atoms with Crippen molar-refractivity contribution < 1.29 is 24.9 Å². The molecule has 0 aliphatic carbocycles. The molecule has 11 nitrogen and oxygen atoms in total. The summed E-state index contributed by atoms with van der Waals surface area (Å²) in [6.07, 6.45) is -5.30. The monoisotopic (exact) mass is 358 g/mol. The second-order valence-corrected chi connectivity index (χ2v) is 6.18. The Morgan fingerprint density at radius 3 is 2.71 bits per heavy atom. The van der Waals surface area contributed by atoms with Gasteiger partial charge in [-0.25, -0.2) is 0 Å². The minimum atomic E-state index is -1.50. The lowest BCUT2D eigenvalue weighted by molar-refractivity contribution is -0.114. The molecule has 0 saturated carbocycles. The quantitative estimate of drug-likeness (QED) is 0.409. The molecule has 3 rings (SSSR count). The predicted octanol–water partition coefficient (Wildman–Crippen LogP) is -2.28. The topological polar surface area (TPSA) is 167 Å². The van der Waals surface area contributed by atoms with Crippen molar-refractivity contribution >= 4 is 33.5 Å². The maximum Gasteiger partial charge on any atom is 0.311 e. The number of rotatable bonds is 3. The first kappa shape index (κ1) is 16.7. The van der Waals surface area contributed by atoms with E-state index in [1.54, 1.807) is 0 Å². The van der Waals surface area contributed by atoms with Crippen molar-refractivity contribution in [2.24, 2.45) is 0 Å². The molecular weight excluding hydrogens is 344 g/mol. The van der Waals surface area contributed by atoms with Gasteiger partial charge in [0.25, 0.3) is 5.56 Å². The van der Waals surface area contributed by atoms with Gasteiger partial charge in [-0.1, -0.05) is 11.3 Å². The van der Waals surface area contributed by atoms with E-state index in [0.29, 0.717) is 11.3 Å². The number of aliphatic hydroxyl groups is 3. The second-order valence-electron chi connectivity index (χ2n) is 5.22. The molecule has 1 fully saturated rings. The van der Waals surface area contributed by atoms with Crippen LogP contribution in [0.25, 0.3) is 10.3 Å². The minimum Gasteiger partial charge on any atom is -0.394 e. The second kappa shape index (κ2) is 6.07. The normalized spacial score (nSPS) is 26.8. The Labute approximate surface area is 137 Å². The summed E-state index contributed by atoms with van der Waals surface area (Å²) in [5.74, 6) is -0.646. The van der Waals surface area contributed by atoms with Crippen LogP contribution in [0.5, 0.6) is 0 Å². The van der Waals surface area contributed by atoms with E-state index in [-0.39, 0.29) is 16.3 Å². The number of hydrogen-bond acceptors (Lipinski definition) is 9. The van der Waals surface area contributed by atoms with Gasteiger partial charge in [-0.15, -0.1) is 0 Å². The van der Waals surface area contributed by atoms with Gasteiger partial charge in [-0.05, 0) is 0 Å². The third kappa shape index (κ3) is 2.63. The van der Waals surface area contributed by atoms with E-state index in [9.17, 15) is 24.6 Å². The van der Waals surface area contributed by atoms with Gasteiger partial charge < -0.3 is 20.1 Å². The number of amides is 1. The molecule has 1 saturated heterocycles. The Bertz CT molecular complexity index is 903. The fourth-order valence-electron chi connectivity index (χ4n) is 2.47. The Morgan fingerprint density at radius 2 is 2.12 bits per heavy atom. The maximum absolute atomic E-state index is 12.2. The van der Waals surface area contributed by atoms with Gasteiger partial charge in [-0.3, -0.25) is 29.3 Å². The molecule has 0 spiro atoms. The highest BCUT2D eigenvalue weighted by Gasteiger charge is 2.44. The molecule has 130 valence electrons. The van der Waals surface area contributed by atoms with Crippen molar-refractivity contribution in [1.82, 2.24) is 14.5 Å². The molecule has 3 heterocycles. The van der Waals surface area contributed by atoms with Crippen LogP contribution in [0, 0.1) is 0 Å². The number of hydrogen-bond donors (Lipinski definition) is 5. The first-order valence-electron chi connectivity index (χ1n) is 6.89. The van der Waals surface area contributed by atoms with Crippen LogP contribution >= 0.6 is 11.3 Å². The van der Waals surface area contributed by atoms with Crippen molar-refractivity contribution in [1.29, 1.82) is 0 Å². The number of carbonyl (C=O) groups is 1. The van der Waals surface area contributed by atoms with Crippen LogP contribution in [0.3, 0.4) is 0 Å². The lowest BCUT2D eigenvalue weighted by Gasteiger charge is -2.16. The number of carbonyl (C=O) groups excluding carboxylic acids is 1. The van der Waals surface area contributed by atoms with E-state index in [1.165, 1.54) is 6.92 Å². The third-order valence-electron chi connectivity index (χ3n) is 3.54. The molecule has 0 aromatic carbocycles. The van der Waals surface area contributed by atoms with E-state index < -0.39 is 47.5 Å². The third-order valence-corrected chi connectivity index (χ3v) is 4.48. The number of fused-ring (bicyclic) bond motifs is 1. The SMILES string of the molecule is CC(=O)Nc1nc2c(sc(=O)n2[C@@H]2O[C@H](CO)[C@@H](O)[C@H]2O)c(=O)[nH]1. The average Bonchev–Trinajstić information content (AvgIpc) is 2.97. The standard InChI is InChI=1S/C12H14N4O7S/c1-3(18)13-11-14-8-7(9(21)15-11)24-12(22)16(8)10-6(20)5(19)4(2-17)23-10/h4-6,10,17,19-20H,2H2,1H3,(H2,13,14,15,18,21)/t4-,5-,6-,10-/m1/s1. The molecule has 2 aromatic heterocycles. The number of anilines is 1. The number of nitrogens with zero attached hydrogens (tertiary/aromatic N) is 2. The number of H-pyrrole nitrogens is 1. The zero-order valence-corrected chi connectivity index (χ0v) is 13.1. The largest absolute Gasteiger partial charge is 0.394 e. The van der Waals surface area contributed by atoms with Crippen molar-refractivity contribution in [3.8, 4) is 0 Å². The molecule has 1 aliphatic heterocycles. The summed E-state index contributed by atoms with van der Waals surface area (Å²) < 4.78 is 6.21. The molecule has 1 amide bonds. The molecular formula is C12H14N4O7S. The first-order chi connectivity index (χ1) is 11.3. The number of ether oxygens (including phenoxy) is 1. The van der Waals surface area contributed by atoms with Crippen LogP contribution in [0.1, 0.15) is 13.2 Å². The smallest absolute Gasteiger partial charge is 0.311 e. The molecule has 2 aromatic rings. The molecule has 0 radical (unpaired) electrons. The Kier molecular flexibility index (Phi) is 4.23. The summed E-state index contributed by atoms with van der Waals surface area (Å²) in [7, 11) is 0. The van der Waals surface area contributed by atoms with Crippen molar-refractivity contribution in [2.45, 2.75) is 31.5 Å². The van der Waals surface area contributed by atoms with Crippen LogP contribution in [-0.2, 0) is 9.53 Å². The molecule has 4 atom stereocenters. The highest BCUT2D eigenvalue weighted by atomic mass is 32.1. The van der Waals surface area contributed by atoms with Gasteiger partial charge in [0.15, 0.2) is 11.9 Å². The summed E-state index contributed by atoms with van der Waals surface area (Å²) in [5.41, 5.74) is -0.747. The number of aromatic amines is 1. The summed E-state index contributed by atoms with van der Waals surface area (Å²) in [6.45, 7) is 0.660. The minimum absolute atomic E-state index is 0.0214. The van der Waals surface area contributed by atoms with E-state index in [2.05, 4.69) is 15.3 Å². The van der Waals surface area contributed by atoms with Crippen LogP contribution in [0.2, 0.25) is 0 Å². The lowest BCUT2D eigenvalue weighted by Crippen LogP contribution is -2.34. The molecule has 24 heavy (non-hydrogen) atoms. The van der Waals surface area contributed by atoms with Crippen LogP contribution in [0.15, 0.2) is 9.59 Å². The predicted molar refractivity (Wildman–Crippen MR) is 81.8 cm³/mol. The van der Waals surface area contributed by atoms with Gasteiger partial charge in [0.05, 0.1) is 6.61 Å². The van der Waals surface area contributed by atoms with Gasteiger partial charge in [0.1, 0.15) is 23.0 Å². The number of nitrogens with one attached hydrogen (secondary N) is 2. The Balaban J connectivity index is 2.16. The Hall–Kier alpha value is -2.12. The first-order valence-corrected chi connectivity index (χ1v) is 7.70. The summed E-state index contributed by atoms with van der Waals surface area (Å²) in [4.78, 5) is 41.1. The number of aliphatic hydroxyl groups excluding tert-OH is 3. The van der Waals surface area contributed by atoms with E-state index in [0.717, 1.165) is 4.57 Å². The van der Waals surface area contributed by atoms with E-state index in [4.69, 9.17) is 9.84 Å². The van der Waals surface area contributed by atoms with Gasteiger partial charge in [-0.2, -0.15) is 4.98 Å². The van der Waals surface area contributed by atoms with Crippen LogP contribution in [0.4, 0.5) is 5.95 Å². The van der Waals surface area contributed by atoms with Crippen LogP contribution in [-0.4, -0.2) is 60.7 Å². The molecule has 0 unspecified atom stereocenters. The molecule has 0 bridgehead atoms. The van der Waals surface area contributed by atoms with Crippen molar-refractivity contribution in [2.75, 3.05) is 11.9 Å². The lowest BCUT2D eigenvalue weighted by atomic mass is 10.1. The average molecular weight is 358 g/mol. The zero-order chi connectivity index (χ0) is 17.6. The zero-order valence-electron chi connectivity index (χ0n) is 12.3. The van der Waals surface area contributed by atoms with Crippen LogP contribution < -0.4 is 15.7 Å². The van der Waals surface area contributed by atoms with Crippen molar-refractivity contribution in [3.05, 3.63) is 20.0 Å².